The SMILES string of the molecule is C=C/C(=C\CC)C(C)/C=C/C=C1/CCN1NCN. The molecule has 1 saturated heterocycles. The van der Waals surface area contributed by atoms with Crippen LogP contribution in [-0.2, 0) is 0 Å². The number of nitrogens with one attached hydrogen (secondary N) is 1. The predicted octanol–water partition coefficient (Wildman–Crippen LogP) is 2.71. The molecule has 1 fully saturated rings. The Balaban J connectivity index is 2.51. The molecule has 0 aromatic rings. The van der Waals surface area contributed by atoms with Crippen molar-refractivity contribution in [3.63, 3.8) is 0 Å². The van der Waals surface area contributed by atoms with E-state index < -0.39 is 0 Å². The Kier molecular flexibility index (Phi) is 6.47. The molecule has 1 aliphatic heterocycles. The van der Waals surface area contributed by atoms with E-state index in [0.717, 1.165) is 19.4 Å². The van der Waals surface area contributed by atoms with Crippen molar-refractivity contribution in [1.82, 2.24) is 10.4 Å². The summed E-state index contributed by atoms with van der Waals surface area (Å²) in [6, 6.07) is 0. The fourth-order valence-corrected chi connectivity index (χ4v) is 1.95. The highest BCUT2D eigenvalue weighted by molar-refractivity contribution is 5.25. The normalized spacial score (nSPS) is 20.3. The molecule has 0 aromatic carbocycles. The lowest BCUT2D eigenvalue weighted by Gasteiger charge is -2.36. The minimum absolute atomic E-state index is 0.412. The first-order valence-electron chi connectivity index (χ1n) is 6.63. The van der Waals surface area contributed by atoms with Gasteiger partial charge in [-0.05, 0) is 24.0 Å². The van der Waals surface area contributed by atoms with Crippen LogP contribution >= 0.6 is 0 Å². The first-order valence-corrected chi connectivity index (χ1v) is 6.63. The van der Waals surface area contributed by atoms with Crippen LogP contribution in [0.1, 0.15) is 26.7 Å². The molecule has 100 valence electrons. The molecule has 3 nitrogen and oxygen atoms in total. The smallest absolute Gasteiger partial charge is 0.0615 e. The van der Waals surface area contributed by atoms with E-state index in [-0.39, 0.29) is 0 Å². The number of nitrogens with zero attached hydrogens (tertiary/aromatic N) is 1. The van der Waals surface area contributed by atoms with Crippen LogP contribution in [0.2, 0.25) is 0 Å². The van der Waals surface area contributed by atoms with E-state index in [9.17, 15) is 0 Å². The number of hydrogen-bond acceptors (Lipinski definition) is 3. The van der Waals surface area contributed by atoms with E-state index in [1.54, 1.807) is 0 Å². The van der Waals surface area contributed by atoms with Crippen molar-refractivity contribution in [2.75, 3.05) is 13.2 Å². The summed E-state index contributed by atoms with van der Waals surface area (Å²) in [5, 5.41) is 2.09. The molecule has 0 aromatic heterocycles. The van der Waals surface area contributed by atoms with Gasteiger partial charge in [-0.15, -0.1) is 0 Å². The Bertz CT molecular complexity index is 353. The lowest BCUT2D eigenvalue weighted by Crippen LogP contribution is -2.47. The molecule has 0 spiro atoms. The van der Waals surface area contributed by atoms with Gasteiger partial charge in [0.2, 0.25) is 0 Å². The second-order valence-electron chi connectivity index (χ2n) is 4.41. The van der Waals surface area contributed by atoms with Crippen LogP contribution in [0.4, 0.5) is 0 Å². The van der Waals surface area contributed by atoms with Crippen LogP contribution in [0.5, 0.6) is 0 Å². The highest BCUT2D eigenvalue weighted by Crippen LogP contribution is 2.19. The topological polar surface area (TPSA) is 41.3 Å². The van der Waals surface area contributed by atoms with E-state index in [0.29, 0.717) is 12.6 Å². The van der Waals surface area contributed by atoms with Gasteiger partial charge in [0.25, 0.3) is 0 Å². The maximum atomic E-state index is 5.45. The summed E-state index contributed by atoms with van der Waals surface area (Å²) in [7, 11) is 0. The zero-order valence-electron chi connectivity index (χ0n) is 11.5. The number of rotatable bonds is 7. The standard InChI is InChI=1S/C15H25N3/c1-4-7-14(5-2)13(3)8-6-9-15-10-11-18(15)17-12-16/h5-9,13,17H,2,4,10-12,16H2,1,3H3/b8-6+,14-7+,15-9-. The van der Waals surface area contributed by atoms with Crippen LogP contribution < -0.4 is 11.2 Å². The third kappa shape index (κ3) is 4.17. The summed E-state index contributed by atoms with van der Waals surface area (Å²) in [6.45, 7) is 9.72. The minimum Gasteiger partial charge on any atom is -0.317 e. The van der Waals surface area contributed by atoms with Crippen molar-refractivity contribution in [3.05, 3.63) is 48.2 Å². The molecular formula is C15H25N3. The van der Waals surface area contributed by atoms with Gasteiger partial charge in [-0.1, -0.05) is 44.7 Å². The molecule has 3 N–H and O–H groups in total. The number of hydrazine groups is 1. The highest BCUT2D eigenvalue weighted by atomic mass is 15.5. The zero-order valence-corrected chi connectivity index (χ0v) is 11.5. The van der Waals surface area contributed by atoms with E-state index in [4.69, 9.17) is 5.73 Å². The lowest BCUT2D eigenvalue weighted by atomic mass is 9.99. The minimum atomic E-state index is 0.412. The molecule has 1 atom stereocenters. The van der Waals surface area contributed by atoms with Gasteiger partial charge in [0.15, 0.2) is 0 Å². The quantitative estimate of drug-likeness (QED) is 0.537. The Labute approximate surface area is 111 Å². The van der Waals surface area contributed by atoms with Gasteiger partial charge >= 0.3 is 0 Å². The molecule has 1 aliphatic rings. The summed E-state index contributed by atoms with van der Waals surface area (Å²) < 4.78 is 0. The van der Waals surface area contributed by atoms with Crippen molar-refractivity contribution in [2.45, 2.75) is 26.7 Å². The average molecular weight is 247 g/mol. The fraction of sp³-hybridized carbons (Fsp3) is 0.467. The van der Waals surface area contributed by atoms with Crippen LogP contribution in [0.25, 0.3) is 0 Å². The van der Waals surface area contributed by atoms with Gasteiger partial charge in [0, 0.05) is 18.7 Å². The third-order valence-corrected chi connectivity index (χ3v) is 3.11. The molecule has 0 saturated carbocycles. The Morgan fingerprint density at radius 3 is 2.89 bits per heavy atom. The first kappa shape index (κ1) is 14.7. The van der Waals surface area contributed by atoms with Gasteiger partial charge in [-0.2, -0.15) is 0 Å². The molecule has 0 bridgehead atoms. The average Bonchev–Trinajstić information content (AvgIpc) is 2.36. The second-order valence-corrected chi connectivity index (χ2v) is 4.41. The summed E-state index contributed by atoms with van der Waals surface area (Å²) in [4.78, 5) is 0. The number of allylic oxidation sites excluding steroid dienone is 6. The Morgan fingerprint density at radius 1 is 1.61 bits per heavy atom. The highest BCUT2D eigenvalue weighted by Gasteiger charge is 2.17. The van der Waals surface area contributed by atoms with Gasteiger partial charge in [0.05, 0.1) is 6.67 Å². The van der Waals surface area contributed by atoms with Crippen LogP contribution in [0.15, 0.2) is 48.2 Å². The molecule has 1 rings (SSSR count). The second kappa shape index (κ2) is 7.90. The molecule has 1 heterocycles. The van der Waals surface area contributed by atoms with Crippen molar-refractivity contribution < 1.29 is 0 Å². The van der Waals surface area contributed by atoms with Crippen molar-refractivity contribution in [2.24, 2.45) is 11.7 Å². The van der Waals surface area contributed by atoms with Crippen molar-refractivity contribution in [1.29, 1.82) is 0 Å². The largest absolute Gasteiger partial charge is 0.317 e. The molecule has 3 heteroatoms. The van der Waals surface area contributed by atoms with Gasteiger partial charge < -0.3 is 10.7 Å². The van der Waals surface area contributed by atoms with E-state index in [1.807, 2.05) is 6.08 Å². The molecule has 1 unspecified atom stereocenters. The summed E-state index contributed by atoms with van der Waals surface area (Å²) >= 11 is 0. The third-order valence-electron chi connectivity index (χ3n) is 3.11. The van der Waals surface area contributed by atoms with E-state index in [1.165, 1.54) is 11.3 Å². The summed E-state index contributed by atoms with van der Waals surface area (Å²) in [5.41, 5.74) is 11.1. The monoisotopic (exact) mass is 247 g/mol. The summed E-state index contributed by atoms with van der Waals surface area (Å²) in [6.07, 6.45) is 12.8. The van der Waals surface area contributed by atoms with E-state index in [2.05, 4.69) is 55.2 Å². The molecule has 0 amide bonds. The molecule has 0 aliphatic carbocycles. The molecule has 0 radical (unpaired) electrons. The first-order chi connectivity index (χ1) is 8.72. The predicted molar refractivity (Wildman–Crippen MR) is 78.5 cm³/mol. The van der Waals surface area contributed by atoms with E-state index >= 15 is 0 Å². The Hall–Kier alpha value is -1.32. The van der Waals surface area contributed by atoms with Gasteiger partial charge in [-0.3, -0.25) is 0 Å². The number of hydrogen-bond donors (Lipinski definition) is 2. The Morgan fingerprint density at radius 2 is 2.39 bits per heavy atom. The van der Waals surface area contributed by atoms with Crippen molar-refractivity contribution in [3.8, 4) is 0 Å². The fourth-order valence-electron chi connectivity index (χ4n) is 1.95. The van der Waals surface area contributed by atoms with Crippen molar-refractivity contribution >= 4 is 0 Å². The van der Waals surface area contributed by atoms with Crippen LogP contribution in [0.3, 0.4) is 0 Å². The van der Waals surface area contributed by atoms with Crippen LogP contribution in [0, 0.1) is 5.92 Å². The zero-order chi connectivity index (χ0) is 13.4. The maximum Gasteiger partial charge on any atom is 0.0615 e. The lowest BCUT2D eigenvalue weighted by molar-refractivity contribution is 0.176. The number of nitrogens with two attached hydrogens (primary N) is 1. The molecular weight excluding hydrogens is 222 g/mol. The van der Waals surface area contributed by atoms with Gasteiger partial charge in [-0.25, -0.2) is 5.43 Å². The summed E-state index contributed by atoms with van der Waals surface area (Å²) in [5.74, 6) is 0.412. The van der Waals surface area contributed by atoms with Crippen LogP contribution in [-0.4, -0.2) is 18.2 Å². The maximum absolute atomic E-state index is 5.45. The van der Waals surface area contributed by atoms with Gasteiger partial charge in [0.1, 0.15) is 0 Å². The molecule has 18 heavy (non-hydrogen) atoms.